The van der Waals surface area contributed by atoms with Crippen molar-refractivity contribution in [3.8, 4) is 33.4 Å². The van der Waals surface area contributed by atoms with Crippen LogP contribution in [0.4, 0.5) is 17.1 Å². The highest BCUT2D eigenvalue weighted by molar-refractivity contribution is 7.26. The third-order valence-electron chi connectivity index (χ3n) is 12.6. The van der Waals surface area contributed by atoms with Crippen LogP contribution in [-0.2, 0) is 5.41 Å². The minimum atomic E-state index is -0.533. The van der Waals surface area contributed by atoms with Crippen LogP contribution < -0.4 is 4.90 Å². The normalized spacial score (nSPS) is 13.0. The first-order valence-electron chi connectivity index (χ1n) is 20.3. The minimum Gasteiger partial charge on any atom is -0.456 e. The van der Waals surface area contributed by atoms with Crippen molar-refractivity contribution in [3.63, 3.8) is 0 Å². The molecule has 3 heteroatoms. The smallest absolute Gasteiger partial charge is 0.141 e. The number of thiophene rings is 1. The van der Waals surface area contributed by atoms with E-state index in [4.69, 9.17) is 4.42 Å². The summed E-state index contributed by atoms with van der Waals surface area (Å²) >= 11 is 1.87. The molecule has 0 amide bonds. The summed E-state index contributed by atoms with van der Waals surface area (Å²) < 4.78 is 9.68. The predicted octanol–water partition coefficient (Wildman–Crippen LogP) is 16.1. The van der Waals surface area contributed by atoms with Gasteiger partial charge < -0.3 is 9.32 Å². The third kappa shape index (κ3) is 5.11. The van der Waals surface area contributed by atoms with E-state index < -0.39 is 5.41 Å². The Hall–Kier alpha value is -7.20. The van der Waals surface area contributed by atoms with Crippen molar-refractivity contribution in [2.75, 3.05) is 4.90 Å². The average Bonchev–Trinajstić information content (AvgIpc) is 3.96. The molecule has 0 unspecified atom stereocenters. The van der Waals surface area contributed by atoms with Gasteiger partial charge in [0.1, 0.15) is 11.2 Å². The molecule has 2 nitrogen and oxygen atoms in total. The van der Waals surface area contributed by atoms with Crippen molar-refractivity contribution in [3.05, 3.63) is 223 Å². The molecule has 11 aromatic rings. The van der Waals surface area contributed by atoms with E-state index in [0.29, 0.717) is 0 Å². The van der Waals surface area contributed by atoms with E-state index in [2.05, 4.69) is 218 Å². The van der Waals surface area contributed by atoms with Crippen LogP contribution >= 0.6 is 11.3 Å². The number of hydrogen-bond acceptors (Lipinski definition) is 3. The molecule has 0 aliphatic heterocycles. The second-order valence-corrected chi connectivity index (χ2v) is 16.8. The van der Waals surface area contributed by atoms with Gasteiger partial charge in [-0.3, -0.25) is 0 Å². The maximum Gasteiger partial charge on any atom is 0.141 e. The van der Waals surface area contributed by atoms with Crippen LogP contribution in [0.5, 0.6) is 0 Å². The molecule has 59 heavy (non-hydrogen) atoms. The number of nitrogens with zero attached hydrogens (tertiary/aromatic N) is 1. The lowest BCUT2D eigenvalue weighted by molar-refractivity contribution is 0.638. The number of hydrogen-bond donors (Lipinski definition) is 0. The van der Waals surface area contributed by atoms with Crippen LogP contribution in [0.2, 0.25) is 0 Å². The lowest BCUT2D eigenvalue weighted by atomic mass is 9.72. The van der Waals surface area contributed by atoms with Gasteiger partial charge in [0.05, 0.1) is 5.69 Å². The lowest BCUT2D eigenvalue weighted by Gasteiger charge is -2.35. The second kappa shape index (κ2) is 13.2. The van der Waals surface area contributed by atoms with Gasteiger partial charge in [0, 0.05) is 53.3 Å². The summed E-state index contributed by atoms with van der Waals surface area (Å²) in [6.07, 6.45) is 0. The van der Waals surface area contributed by atoms with Crippen molar-refractivity contribution < 1.29 is 4.42 Å². The van der Waals surface area contributed by atoms with Crippen molar-refractivity contribution >= 4 is 70.5 Å². The zero-order valence-corrected chi connectivity index (χ0v) is 33.2. The van der Waals surface area contributed by atoms with E-state index in [1.165, 1.54) is 64.7 Å². The zero-order valence-electron chi connectivity index (χ0n) is 32.4. The van der Waals surface area contributed by atoms with Crippen LogP contribution in [0.25, 0.3) is 75.5 Å². The number of para-hydroxylation sites is 1. The maximum absolute atomic E-state index is 7.05. The molecule has 278 valence electrons. The third-order valence-corrected chi connectivity index (χ3v) is 13.8. The van der Waals surface area contributed by atoms with Gasteiger partial charge in [-0.1, -0.05) is 158 Å². The van der Waals surface area contributed by atoms with Gasteiger partial charge in [0.15, 0.2) is 0 Å². The maximum atomic E-state index is 7.05. The van der Waals surface area contributed by atoms with Gasteiger partial charge >= 0.3 is 0 Å². The first-order chi connectivity index (χ1) is 29.1. The van der Waals surface area contributed by atoms with Crippen LogP contribution in [0.1, 0.15) is 23.6 Å². The summed E-state index contributed by atoms with van der Waals surface area (Å²) in [7, 11) is 0. The number of anilines is 3. The van der Waals surface area contributed by atoms with Gasteiger partial charge in [-0.15, -0.1) is 11.3 Å². The van der Waals surface area contributed by atoms with E-state index in [-0.39, 0.29) is 0 Å². The monoisotopic (exact) mass is 771 g/mol. The van der Waals surface area contributed by atoms with E-state index >= 15 is 0 Å². The zero-order chi connectivity index (χ0) is 39.1. The molecule has 0 radical (unpaired) electrons. The molecular formula is C56H37NOS. The Kier molecular flexibility index (Phi) is 7.57. The molecule has 2 heterocycles. The van der Waals surface area contributed by atoms with Crippen molar-refractivity contribution in [1.82, 2.24) is 0 Å². The van der Waals surface area contributed by atoms with E-state index in [1.54, 1.807) is 0 Å². The number of fused-ring (bicyclic) bond motifs is 9. The standard InChI is InChI=1S/C56H37NOS/c1-56(48-22-9-5-16-42(48)43-17-6-10-23-49(43)56)53-50(35-34-46-44-18-7-11-24-51(44)58-54(46)53)57(39-30-26-37(27-31-39)36-14-3-2-4-15-36)40-32-28-38(29-33-40)41-20-13-21-47-45-19-8-12-25-52(45)59-55(41)47/h2-35H,1H3. The van der Waals surface area contributed by atoms with Crippen molar-refractivity contribution in [2.45, 2.75) is 12.3 Å². The molecule has 0 spiro atoms. The fourth-order valence-electron chi connectivity index (χ4n) is 9.80. The minimum absolute atomic E-state index is 0.533. The van der Waals surface area contributed by atoms with Gasteiger partial charge in [-0.05, 0) is 100.0 Å². The summed E-state index contributed by atoms with van der Waals surface area (Å²) in [6, 6.07) is 75.1. The highest BCUT2D eigenvalue weighted by Crippen LogP contribution is 2.58. The molecule has 0 N–H and O–H groups in total. The van der Waals surface area contributed by atoms with Crippen LogP contribution in [-0.4, -0.2) is 0 Å². The van der Waals surface area contributed by atoms with Crippen LogP contribution in [0, 0.1) is 0 Å². The van der Waals surface area contributed by atoms with E-state index in [0.717, 1.165) is 44.6 Å². The Labute approximate surface area is 346 Å². The van der Waals surface area contributed by atoms with Crippen molar-refractivity contribution in [1.29, 1.82) is 0 Å². The van der Waals surface area contributed by atoms with Gasteiger partial charge in [0.25, 0.3) is 0 Å². The molecule has 0 atom stereocenters. The summed E-state index contributed by atoms with van der Waals surface area (Å²) in [5.41, 5.74) is 15.6. The average molecular weight is 772 g/mol. The molecule has 2 aromatic heterocycles. The number of benzene rings is 9. The molecule has 12 rings (SSSR count). The molecule has 1 aliphatic rings. The summed E-state index contributed by atoms with van der Waals surface area (Å²) in [5.74, 6) is 0. The Balaban J connectivity index is 1.11. The SMILES string of the molecule is CC1(c2c(N(c3ccc(-c4ccccc4)cc3)c3ccc(-c4cccc5c4sc4ccccc45)cc3)ccc3c2oc2ccccc23)c2ccccc2-c2ccccc21. The Bertz CT molecular complexity index is 3350. The Morgan fingerprint density at radius 1 is 0.424 bits per heavy atom. The van der Waals surface area contributed by atoms with E-state index in [9.17, 15) is 0 Å². The quantitative estimate of drug-likeness (QED) is 0.167. The van der Waals surface area contributed by atoms with Gasteiger partial charge in [0.2, 0.25) is 0 Å². The van der Waals surface area contributed by atoms with Gasteiger partial charge in [-0.25, -0.2) is 0 Å². The Morgan fingerprint density at radius 3 is 1.71 bits per heavy atom. The fraction of sp³-hybridized carbons (Fsp3) is 0.0357. The summed E-state index contributed by atoms with van der Waals surface area (Å²) in [6.45, 7) is 2.40. The molecule has 1 aliphatic carbocycles. The van der Waals surface area contributed by atoms with Crippen molar-refractivity contribution in [2.24, 2.45) is 0 Å². The summed E-state index contributed by atoms with van der Waals surface area (Å²) in [5, 5.41) is 4.86. The molecule has 0 saturated heterocycles. The Morgan fingerprint density at radius 2 is 0.983 bits per heavy atom. The predicted molar refractivity (Wildman–Crippen MR) is 250 cm³/mol. The second-order valence-electron chi connectivity index (χ2n) is 15.7. The fourth-order valence-corrected chi connectivity index (χ4v) is 11.0. The summed E-state index contributed by atoms with van der Waals surface area (Å²) in [4.78, 5) is 2.44. The number of rotatable bonds is 6. The highest BCUT2D eigenvalue weighted by Gasteiger charge is 2.45. The number of furan rings is 1. The molecule has 9 aromatic carbocycles. The topological polar surface area (TPSA) is 16.4 Å². The molecule has 0 bridgehead atoms. The van der Waals surface area contributed by atoms with E-state index in [1.807, 2.05) is 11.3 Å². The molecular weight excluding hydrogens is 735 g/mol. The lowest BCUT2D eigenvalue weighted by Crippen LogP contribution is -2.26. The molecule has 0 fully saturated rings. The highest BCUT2D eigenvalue weighted by atomic mass is 32.1. The van der Waals surface area contributed by atoms with Crippen LogP contribution in [0.3, 0.4) is 0 Å². The first-order valence-corrected chi connectivity index (χ1v) is 21.1. The van der Waals surface area contributed by atoms with Crippen LogP contribution in [0.15, 0.2) is 211 Å². The van der Waals surface area contributed by atoms with Gasteiger partial charge in [-0.2, -0.15) is 0 Å². The first kappa shape index (κ1) is 33.9. The molecule has 0 saturated carbocycles. The largest absolute Gasteiger partial charge is 0.456 e.